The molecule has 2 heterocycles. The number of rotatable bonds is 3. The molecule has 0 aliphatic carbocycles. The zero-order chi connectivity index (χ0) is 19.3. The van der Waals surface area contributed by atoms with Crippen molar-refractivity contribution >= 4 is 34.3 Å². The van der Waals surface area contributed by atoms with E-state index in [2.05, 4.69) is 0 Å². The standard InChI is InChI=1S/C15H11F3N2O5S/c1-3-25-15(22)7-13(21)6-11(19-5(2)4-26-14(7)19)9(17)8(16)10(18)12(6)20(23)24/h5H,3-4H2,1-2H3/t5-/m1/s1. The summed E-state index contributed by atoms with van der Waals surface area (Å²) in [7, 11) is 0. The number of aromatic nitrogens is 1. The molecule has 0 spiro atoms. The lowest BCUT2D eigenvalue weighted by Crippen LogP contribution is -2.25. The highest BCUT2D eigenvalue weighted by Crippen LogP contribution is 2.41. The predicted molar refractivity (Wildman–Crippen MR) is 86.1 cm³/mol. The molecule has 0 radical (unpaired) electrons. The Balaban J connectivity index is 2.63. The number of carbonyl (C=O) groups excluding carboxylic acids is 1. The first-order chi connectivity index (χ1) is 12.2. The number of nitrogens with zero attached hydrogens (tertiary/aromatic N) is 2. The summed E-state index contributed by atoms with van der Waals surface area (Å²) < 4.78 is 48.3. The molecule has 138 valence electrons. The van der Waals surface area contributed by atoms with Crippen LogP contribution >= 0.6 is 11.8 Å². The van der Waals surface area contributed by atoms with Gasteiger partial charge < -0.3 is 9.30 Å². The maximum atomic E-state index is 14.5. The monoisotopic (exact) mass is 388 g/mol. The van der Waals surface area contributed by atoms with E-state index in [0.717, 1.165) is 16.3 Å². The van der Waals surface area contributed by atoms with Crippen molar-refractivity contribution < 1.29 is 27.6 Å². The average Bonchev–Trinajstić information content (AvgIpc) is 2.94. The topological polar surface area (TPSA) is 91.4 Å². The van der Waals surface area contributed by atoms with Gasteiger partial charge in [-0.1, -0.05) is 0 Å². The van der Waals surface area contributed by atoms with Crippen molar-refractivity contribution in [1.82, 2.24) is 4.57 Å². The second-order valence-corrected chi connectivity index (χ2v) is 6.54. The van der Waals surface area contributed by atoms with E-state index in [9.17, 15) is 32.9 Å². The first-order valence-electron chi connectivity index (χ1n) is 7.45. The lowest BCUT2D eigenvalue weighted by molar-refractivity contribution is -0.386. The van der Waals surface area contributed by atoms with Crippen molar-refractivity contribution in [2.75, 3.05) is 12.4 Å². The molecule has 1 aliphatic rings. The largest absolute Gasteiger partial charge is 0.462 e. The Morgan fingerprint density at radius 1 is 1.35 bits per heavy atom. The van der Waals surface area contributed by atoms with Gasteiger partial charge in [0.1, 0.15) is 10.9 Å². The van der Waals surface area contributed by atoms with Crippen molar-refractivity contribution in [2.45, 2.75) is 24.9 Å². The Hall–Kier alpha value is -2.56. The minimum atomic E-state index is -2.09. The van der Waals surface area contributed by atoms with E-state index < -0.39 is 62.0 Å². The van der Waals surface area contributed by atoms with Crippen LogP contribution in [-0.2, 0) is 4.74 Å². The number of benzene rings is 1. The van der Waals surface area contributed by atoms with Crippen LogP contribution in [-0.4, -0.2) is 27.8 Å². The summed E-state index contributed by atoms with van der Waals surface area (Å²) in [6.07, 6.45) is 0. The Morgan fingerprint density at radius 3 is 2.58 bits per heavy atom. The number of hydrogen-bond acceptors (Lipinski definition) is 6. The van der Waals surface area contributed by atoms with Crippen LogP contribution in [0.4, 0.5) is 18.9 Å². The van der Waals surface area contributed by atoms with E-state index in [1.807, 2.05) is 0 Å². The molecular weight excluding hydrogens is 377 g/mol. The molecule has 3 rings (SSSR count). The van der Waals surface area contributed by atoms with Gasteiger partial charge in [0.15, 0.2) is 5.82 Å². The third-order valence-corrected chi connectivity index (χ3v) is 5.29. The fourth-order valence-corrected chi connectivity index (χ4v) is 4.19. The number of hydrogen-bond donors (Lipinski definition) is 0. The average molecular weight is 388 g/mol. The van der Waals surface area contributed by atoms with Gasteiger partial charge in [-0.05, 0) is 13.8 Å². The van der Waals surface area contributed by atoms with E-state index in [0.29, 0.717) is 5.75 Å². The summed E-state index contributed by atoms with van der Waals surface area (Å²) in [4.78, 5) is 34.9. The molecule has 0 bridgehead atoms. The highest BCUT2D eigenvalue weighted by molar-refractivity contribution is 7.99. The van der Waals surface area contributed by atoms with Crippen LogP contribution in [0.3, 0.4) is 0 Å². The lowest BCUT2D eigenvalue weighted by atomic mass is 10.1. The highest BCUT2D eigenvalue weighted by Gasteiger charge is 2.38. The second-order valence-electron chi connectivity index (χ2n) is 5.53. The summed E-state index contributed by atoms with van der Waals surface area (Å²) in [5, 5.41) is 10.3. The number of thioether (sulfide) groups is 1. The molecule has 0 unspecified atom stereocenters. The quantitative estimate of drug-likeness (QED) is 0.347. The first kappa shape index (κ1) is 18.2. The smallest absolute Gasteiger partial charge is 0.344 e. The van der Waals surface area contributed by atoms with Gasteiger partial charge >= 0.3 is 11.7 Å². The van der Waals surface area contributed by atoms with Crippen LogP contribution in [0.25, 0.3) is 10.9 Å². The SMILES string of the molecule is CCOC(=O)c1c2n(c3c(F)c(F)c(F)c([N+](=O)[O-])c3c1=O)[C@H](C)CS2. The molecule has 26 heavy (non-hydrogen) atoms. The van der Waals surface area contributed by atoms with E-state index >= 15 is 0 Å². The zero-order valence-electron chi connectivity index (χ0n) is 13.5. The molecule has 7 nitrogen and oxygen atoms in total. The van der Waals surface area contributed by atoms with E-state index in [-0.39, 0.29) is 11.6 Å². The normalized spacial score (nSPS) is 16.0. The molecular formula is C15H11F3N2O5S. The number of ether oxygens (including phenoxy) is 1. The second kappa shape index (κ2) is 6.31. The Morgan fingerprint density at radius 2 is 2.00 bits per heavy atom. The number of nitro benzene ring substituents is 1. The van der Waals surface area contributed by atoms with Gasteiger partial charge in [0.25, 0.3) is 0 Å². The number of carbonyl (C=O) groups is 1. The van der Waals surface area contributed by atoms with Crippen LogP contribution in [0.5, 0.6) is 0 Å². The molecule has 0 fully saturated rings. The van der Waals surface area contributed by atoms with Crippen LogP contribution in [0.2, 0.25) is 0 Å². The fraction of sp³-hybridized carbons (Fsp3) is 0.333. The molecule has 0 saturated carbocycles. The van der Waals surface area contributed by atoms with Gasteiger partial charge in [0.2, 0.25) is 17.1 Å². The highest BCUT2D eigenvalue weighted by atomic mass is 32.2. The molecule has 11 heteroatoms. The summed E-state index contributed by atoms with van der Waals surface area (Å²) in [6.45, 7) is 3.00. The van der Waals surface area contributed by atoms with Crippen LogP contribution in [0.15, 0.2) is 9.82 Å². The van der Waals surface area contributed by atoms with Crippen molar-refractivity contribution in [3.8, 4) is 0 Å². The van der Waals surface area contributed by atoms with Crippen LogP contribution < -0.4 is 5.43 Å². The fourth-order valence-electron chi connectivity index (χ4n) is 2.91. The molecule has 1 aliphatic heterocycles. The molecule has 0 saturated heterocycles. The molecule has 0 amide bonds. The maximum absolute atomic E-state index is 14.5. The molecule has 1 aromatic carbocycles. The van der Waals surface area contributed by atoms with Crippen molar-refractivity contribution in [2.24, 2.45) is 0 Å². The number of fused-ring (bicyclic) bond motifs is 3. The Bertz CT molecular complexity index is 1040. The molecule has 1 atom stereocenters. The lowest BCUT2D eigenvalue weighted by Gasteiger charge is -2.17. The van der Waals surface area contributed by atoms with Gasteiger partial charge in [0, 0.05) is 11.8 Å². The summed E-state index contributed by atoms with van der Waals surface area (Å²) in [6, 6.07) is -0.523. The first-order valence-corrected chi connectivity index (χ1v) is 8.43. The number of esters is 1. The van der Waals surface area contributed by atoms with E-state index in [1.54, 1.807) is 6.92 Å². The summed E-state index contributed by atoms with van der Waals surface area (Å²) >= 11 is 1.03. The van der Waals surface area contributed by atoms with E-state index in [4.69, 9.17) is 4.74 Å². The number of halogens is 3. The van der Waals surface area contributed by atoms with Crippen LogP contribution in [0.1, 0.15) is 30.2 Å². The van der Waals surface area contributed by atoms with Gasteiger partial charge in [-0.15, -0.1) is 11.8 Å². The van der Waals surface area contributed by atoms with Crippen molar-refractivity contribution in [3.63, 3.8) is 0 Å². The van der Waals surface area contributed by atoms with Gasteiger partial charge in [-0.25, -0.2) is 13.6 Å². The molecule has 0 N–H and O–H groups in total. The van der Waals surface area contributed by atoms with Gasteiger partial charge in [-0.3, -0.25) is 14.9 Å². The Labute approximate surface area is 147 Å². The number of nitro groups is 1. The minimum Gasteiger partial charge on any atom is -0.462 e. The van der Waals surface area contributed by atoms with Crippen LogP contribution in [0, 0.1) is 27.6 Å². The predicted octanol–water partition coefficient (Wildman–Crippen LogP) is 3.17. The third kappa shape index (κ3) is 2.37. The third-order valence-electron chi connectivity index (χ3n) is 3.97. The summed E-state index contributed by atoms with van der Waals surface area (Å²) in [5.74, 6) is -6.62. The van der Waals surface area contributed by atoms with Gasteiger partial charge in [-0.2, -0.15) is 4.39 Å². The minimum absolute atomic E-state index is 0.00709. The number of pyridine rings is 1. The van der Waals surface area contributed by atoms with Crippen molar-refractivity contribution in [3.05, 3.63) is 43.4 Å². The van der Waals surface area contributed by atoms with Crippen molar-refractivity contribution in [1.29, 1.82) is 0 Å². The Kier molecular flexibility index (Phi) is 4.42. The molecule has 2 aromatic rings. The van der Waals surface area contributed by atoms with E-state index in [1.165, 1.54) is 6.92 Å². The van der Waals surface area contributed by atoms with Gasteiger partial charge in [0.05, 0.1) is 22.1 Å². The summed E-state index contributed by atoms with van der Waals surface area (Å²) in [5.41, 5.74) is -4.06. The maximum Gasteiger partial charge on any atom is 0.344 e. The molecule has 1 aromatic heterocycles. The zero-order valence-corrected chi connectivity index (χ0v) is 14.3.